The highest BCUT2D eigenvalue weighted by Crippen LogP contribution is 2.44. The second kappa shape index (κ2) is 12.7. The Balaban J connectivity index is 1.34. The number of allylic oxidation sites excluding steroid dienone is 2. The van der Waals surface area contributed by atoms with E-state index in [9.17, 15) is 9.59 Å². The number of hydrogen-bond acceptors (Lipinski definition) is 6. The van der Waals surface area contributed by atoms with Crippen molar-refractivity contribution in [3.8, 4) is 0 Å². The molecule has 1 amide bonds. The maximum absolute atomic E-state index is 12.2. The summed E-state index contributed by atoms with van der Waals surface area (Å²) in [5.41, 5.74) is 0. The van der Waals surface area contributed by atoms with E-state index in [-0.39, 0.29) is 17.8 Å². The van der Waals surface area contributed by atoms with Crippen LogP contribution in [0.3, 0.4) is 0 Å². The molecule has 0 saturated carbocycles. The molecule has 172 valence electrons. The van der Waals surface area contributed by atoms with Crippen LogP contribution in [-0.2, 0) is 20.7 Å². The third-order valence-corrected chi connectivity index (χ3v) is 6.56. The third-order valence-electron chi connectivity index (χ3n) is 6.56. The van der Waals surface area contributed by atoms with Crippen LogP contribution in [0.2, 0.25) is 0 Å². The Morgan fingerprint density at radius 1 is 1.10 bits per heavy atom. The first-order valence-electron chi connectivity index (χ1n) is 12.0. The highest BCUT2D eigenvalue weighted by atomic mass is 16.5. The van der Waals surface area contributed by atoms with Crippen molar-refractivity contribution in [3.05, 3.63) is 18.0 Å². The smallest absolute Gasteiger partial charge is 0.220 e. The SMILES string of the molecule is CCCCCC(=O)CCC(=O)NC[C@@H]1[C@H](C/C=C\CCCc2nnn[nH]2)[C@@H]2CC[C@H]1O2. The number of rotatable bonds is 15. The molecule has 4 atom stereocenters. The third kappa shape index (κ3) is 7.52. The van der Waals surface area contributed by atoms with E-state index < -0.39 is 0 Å². The lowest BCUT2D eigenvalue weighted by Gasteiger charge is -2.27. The first-order valence-corrected chi connectivity index (χ1v) is 12.0. The van der Waals surface area contributed by atoms with Crippen LogP contribution in [0.5, 0.6) is 0 Å². The van der Waals surface area contributed by atoms with Crippen LogP contribution < -0.4 is 5.32 Å². The second-order valence-corrected chi connectivity index (χ2v) is 8.87. The number of tetrazole rings is 1. The number of aromatic nitrogens is 4. The number of Topliss-reactive ketones (excluding diaryl/α,β-unsaturated/α-hetero) is 1. The van der Waals surface area contributed by atoms with Gasteiger partial charge in [-0.25, -0.2) is 5.10 Å². The number of H-pyrrole nitrogens is 1. The summed E-state index contributed by atoms with van der Waals surface area (Å²) < 4.78 is 6.14. The van der Waals surface area contributed by atoms with Crippen molar-refractivity contribution < 1.29 is 14.3 Å². The van der Waals surface area contributed by atoms with Gasteiger partial charge in [0, 0.05) is 38.1 Å². The van der Waals surface area contributed by atoms with Crippen LogP contribution in [0.4, 0.5) is 0 Å². The fraction of sp³-hybridized carbons (Fsp3) is 0.783. The lowest BCUT2D eigenvalue weighted by molar-refractivity contribution is -0.125. The van der Waals surface area contributed by atoms with Crippen molar-refractivity contribution in [1.82, 2.24) is 25.9 Å². The fourth-order valence-corrected chi connectivity index (χ4v) is 4.79. The molecule has 2 bridgehead atoms. The average Bonchev–Trinajstić information content (AvgIpc) is 3.51. The number of ether oxygens (including phenoxy) is 1. The monoisotopic (exact) mass is 431 g/mol. The quantitative estimate of drug-likeness (QED) is 0.326. The lowest BCUT2D eigenvalue weighted by Crippen LogP contribution is -2.38. The maximum atomic E-state index is 12.2. The number of nitrogens with one attached hydrogen (secondary N) is 2. The highest BCUT2D eigenvalue weighted by molar-refractivity contribution is 5.84. The zero-order valence-electron chi connectivity index (χ0n) is 18.7. The van der Waals surface area contributed by atoms with Crippen LogP contribution in [0.15, 0.2) is 12.2 Å². The lowest BCUT2D eigenvalue weighted by atomic mass is 9.77. The average molecular weight is 432 g/mol. The van der Waals surface area contributed by atoms with Crippen molar-refractivity contribution in [1.29, 1.82) is 0 Å². The largest absolute Gasteiger partial charge is 0.374 e. The standard InChI is InChI=1S/C23H37N5O3/c1-2-3-6-9-17(29)12-15-23(30)24-16-19-18(20-13-14-21(19)31-20)10-7-4-5-8-11-22-25-27-28-26-22/h4,7,18-21H,2-3,5-6,8-16H2,1H3,(H,24,30)(H,25,26,27,28)/b7-4-/t18-,19+,20-,21+/m0/s1. The predicted octanol–water partition coefficient (Wildman–Crippen LogP) is 3.31. The molecule has 2 aliphatic heterocycles. The molecule has 2 N–H and O–H groups in total. The Morgan fingerprint density at radius 2 is 1.94 bits per heavy atom. The topological polar surface area (TPSA) is 110 Å². The van der Waals surface area contributed by atoms with E-state index in [1.54, 1.807) is 0 Å². The van der Waals surface area contributed by atoms with Gasteiger partial charge in [-0.2, -0.15) is 0 Å². The molecule has 1 aromatic heterocycles. The van der Waals surface area contributed by atoms with Gasteiger partial charge < -0.3 is 10.1 Å². The molecule has 0 radical (unpaired) electrons. The number of aromatic amines is 1. The molecule has 3 rings (SSSR count). The Kier molecular flexibility index (Phi) is 9.65. The summed E-state index contributed by atoms with van der Waals surface area (Å²) in [7, 11) is 0. The minimum absolute atomic E-state index is 0.0113. The molecule has 3 heterocycles. The van der Waals surface area contributed by atoms with Gasteiger partial charge in [-0.3, -0.25) is 9.59 Å². The van der Waals surface area contributed by atoms with Gasteiger partial charge in [0.2, 0.25) is 5.91 Å². The van der Waals surface area contributed by atoms with Crippen LogP contribution in [0.25, 0.3) is 0 Å². The summed E-state index contributed by atoms with van der Waals surface area (Å²) in [6, 6.07) is 0. The first kappa shape index (κ1) is 23.6. The van der Waals surface area contributed by atoms with E-state index in [0.717, 1.165) is 63.6 Å². The summed E-state index contributed by atoms with van der Waals surface area (Å²) in [4.78, 5) is 24.1. The van der Waals surface area contributed by atoms with E-state index in [1.165, 1.54) is 0 Å². The number of nitrogens with zero attached hydrogens (tertiary/aromatic N) is 3. The van der Waals surface area contributed by atoms with Crippen LogP contribution >= 0.6 is 0 Å². The zero-order valence-corrected chi connectivity index (χ0v) is 18.7. The van der Waals surface area contributed by atoms with Gasteiger partial charge in [0.25, 0.3) is 0 Å². The molecule has 31 heavy (non-hydrogen) atoms. The van der Waals surface area contributed by atoms with E-state index in [4.69, 9.17) is 4.74 Å². The molecule has 2 aliphatic rings. The summed E-state index contributed by atoms with van der Waals surface area (Å²) in [5.74, 6) is 1.85. The molecule has 0 unspecified atom stereocenters. The number of amides is 1. The molecule has 1 aromatic rings. The van der Waals surface area contributed by atoms with Gasteiger partial charge in [-0.15, -0.1) is 5.10 Å². The van der Waals surface area contributed by atoms with E-state index in [2.05, 4.69) is 45.0 Å². The van der Waals surface area contributed by atoms with Gasteiger partial charge in [0.1, 0.15) is 11.6 Å². The van der Waals surface area contributed by atoms with Crippen LogP contribution in [0.1, 0.15) is 83.4 Å². The first-order chi connectivity index (χ1) is 15.2. The minimum atomic E-state index is -0.0113. The molecule has 0 spiro atoms. The zero-order chi connectivity index (χ0) is 21.9. The summed E-state index contributed by atoms with van der Waals surface area (Å²) >= 11 is 0. The molecule has 0 aliphatic carbocycles. The molecule has 2 saturated heterocycles. The number of hydrogen-bond donors (Lipinski definition) is 2. The molecule has 8 heteroatoms. The van der Waals surface area contributed by atoms with E-state index in [0.29, 0.717) is 43.7 Å². The van der Waals surface area contributed by atoms with Gasteiger partial charge in [0.05, 0.1) is 12.2 Å². The molecule has 8 nitrogen and oxygen atoms in total. The van der Waals surface area contributed by atoms with Crippen LogP contribution in [-0.4, -0.2) is 51.1 Å². The highest BCUT2D eigenvalue weighted by Gasteiger charge is 2.47. The van der Waals surface area contributed by atoms with Gasteiger partial charge in [-0.1, -0.05) is 31.9 Å². The number of carbonyl (C=O) groups excluding carboxylic acids is 2. The number of fused-ring (bicyclic) bond motifs is 2. The number of ketones is 1. The fourth-order valence-electron chi connectivity index (χ4n) is 4.79. The van der Waals surface area contributed by atoms with Crippen molar-refractivity contribution in [3.63, 3.8) is 0 Å². The van der Waals surface area contributed by atoms with Gasteiger partial charge in [-0.05, 0) is 54.9 Å². The predicted molar refractivity (Wildman–Crippen MR) is 117 cm³/mol. The van der Waals surface area contributed by atoms with Crippen LogP contribution in [0, 0.1) is 11.8 Å². The Morgan fingerprint density at radius 3 is 2.71 bits per heavy atom. The maximum Gasteiger partial charge on any atom is 0.220 e. The Hall–Kier alpha value is -2.09. The van der Waals surface area contributed by atoms with Gasteiger partial charge >= 0.3 is 0 Å². The second-order valence-electron chi connectivity index (χ2n) is 8.87. The summed E-state index contributed by atoms with van der Waals surface area (Å²) in [6.07, 6.45) is 15.5. The molecular weight excluding hydrogens is 394 g/mol. The van der Waals surface area contributed by atoms with E-state index >= 15 is 0 Å². The molecule has 0 aromatic carbocycles. The molecule has 2 fully saturated rings. The number of unbranched alkanes of at least 4 members (excludes halogenated alkanes) is 3. The summed E-state index contributed by atoms with van der Waals surface area (Å²) in [5, 5.41) is 16.9. The van der Waals surface area contributed by atoms with Crippen molar-refractivity contribution in [2.45, 2.75) is 96.2 Å². The Labute approximate surface area is 185 Å². The van der Waals surface area contributed by atoms with Crippen molar-refractivity contribution in [2.75, 3.05) is 6.54 Å². The number of carbonyl (C=O) groups is 2. The Bertz CT molecular complexity index is 706. The summed E-state index contributed by atoms with van der Waals surface area (Å²) in [6.45, 7) is 2.78. The van der Waals surface area contributed by atoms with Crippen molar-refractivity contribution >= 4 is 11.7 Å². The van der Waals surface area contributed by atoms with Gasteiger partial charge in [0.15, 0.2) is 0 Å². The number of aryl methyl sites for hydroxylation is 1. The normalized spacial score (nSPS) is 24.8. The van der Waals surface area contributed by atoms with Crippen molar-refractivity contribution in [2.24, 2.45) is 11.8 Å². The van der Waals surface area contributed by atoms with E-state index in [1.807, 2.05) is 0 Å². The molecular formula is C23H37N5O3. The minimum Gasteiger partial charge on any atom is -0.374 e.